The number of aryl methyl sites for hydroxylation is 1. The molecule has 0 saturated carbocycles. The van der Waals surface area contributed by atoms with Crippen LogP contribution in [-0.2, 0) is 43.3 Å². The molecular formula is C72H83BN2. The van der Waals surface area contributed by atoms with Crippen molar-refractivity contribution in [1.82, 2.24) is 0 Å². The summed E-state index contributed by atoms with van der Waals surface area (Å²) in [4.78, 5) is 5.53. The Morgan fingerprint density at radius 3 is 1.32 bits per heavy atom. The van der Waals surface area contributed by atoms with E-state index in [1.54, 1.807) is 0 Å². The van der Waals surface area contributed by atoms with Crippen LogP contribution < -0.4 is 26.2 Å². The molecule has 3 heteroatoms. The first-order chi connectivity index (χ1) is 34.9. The lowest BCUT2D eigenvalue weighted by molar-refractivity contribution is 0.332. The molecule has 0 unspecified atom stereocenters. The van der Waals surface area contributed by atoms with Gasteiger partial charge in [-0.25, -0.2) is 0 Å². The normalized spacial score (nSPS) is 19.7. The van der Waals surface area contributed by atoms with E-state index in [0.29, 0.717) is 0 Å². The maximum absolute atomic E-state index is 2.78. The van der Waals surface area contributed by atoms with Gasteiger partial charge in [-0.15, -0.1) is 0 Å². The Morgan fingerprint density at radius 1 is 0.387 bits per heavy atom. The fourth-order valence-corrected chi connectivity index (χ4v) is 15.8. The van der Waals surface area contributed by atoms with E-state index in [1.807, 2.05) is 0 Å². The average Bonchev–Trinajstić information content (AvgIpc) is 3.66. The summed E-state index contributed by atoms with van der Waals surface area (Å²) < 4.78 is 0. The molecule has 0 saturated heterocycles. The van der Waals surface area contributed by atoms with Crippen molar-refractivity contribution in [3.63, 3.8) is 0 Å². The summed E-state index contributed by atoms with van der Waals surface area (Å²) in [5.41, 5.74) is 28.8. The highest BCUT2D eigenvalue weighted by Crippen LogP contribution is 2.57. The molecule has 0 N–H and O–H groups in total. The van der Waals surface area contributed by atoms with Crippen molar-refractivity contribution in [1.29, 1.82) is 0 Å². The van der Waals surface area contributed by atoms with Gasteiger partial charge in [0.2, 0.25) is 0 Å². The molecule has 12 rings (SSSR count). The third-order valence-electron chi connectivity index (χ3n) is 19.8. The summed E-state index contributed by atoms with van der Waals surface area (Å²) in [6.45, 7) is 44.3. The second-order valence-electron chi connectivity index (χ2n) is 29.6. The molecule has 2 aliphatic heterocycles. The van der Waals surface area contributed by atoms with Crippen molar-refractivity contribution in [2.75, 3.05) is 9.80 Å². The van der Waals surface area contributed by atoms with Gasteiger partial charge in [-0.2, -0.15) is 0 Å². The van der Waals surface area contributed by atoms with Gasteiger partial charge >= 0.3 is 0 Å². The van der Waals surface area contributed by atoms with E-state index in [0.717, 1.165) is 12.8 Å². The van der Waals surface area contributed by atoms with E-state index in [9.17, 15) is 0 Å². The molecule has 2 heterocycles. The van der Waals surface area contributed by atoms with Crippen LogP contribution in [-0.4, -0.2) is 6.71 Å². The van der Waals surface area contributed by atoms with E-state index in [1.165, 1.54) is 130 Å². The molecule has 0 radical (unpaired) electrons. The number of fused-ring (bicyclic) bond motifs is 7. The quantitative estimate of drug-likeness (QED) is 0.159. The molecule has 7 aromatic rings. The van der Waals surface area contributed by atoms with Gasteiger partial charge in [0.05, 0.1) is 5.69 Å². The van der Waals surface area contributed by atoms with Crippen molar-refractivity contribution in [2.24, 2.45) is 0 Å². The Balaban J connectivity index is 1.24. The zero-order valence-corrected chi connectivity index (χ0v) is 48.9. The number of rotatable bonds is 5. The smallest absolute Gasteiger partial charge is 0.252 e. The predicted molar refractivity (Wildman–Crippen MR) is 325 cm³/mol. The van der Waals surface area contributed by atoms with Gasteiger partial charge in [0.1, 0.15) is 0 Å². The molecule has 0 fully saturated rings. The first-order valence-corrected chi connectivity index (χ1v) is 28.5. The van der Waals surface area contributed by atoms with Crippen molar-refractivity contribution in [3.8, 4) is 11.1 Å². The Morgan fingerprint density at radius 2 is 0.813 bits per heavy atom. The van der Waals surface area contributed by atoms with Crippen LogP contribution in [0.1, 0.15) is 199 Å². The lowest BCUT2D eigenvalue weighted by Gasteiger charge is -2.48. The van der Waals surface area contributed by atoms with Crippen LogP contribution in [0.3, 0.4) is 0 Å². The molecule has 7 aromatic carbocycles. The first-order valence-electron chi connectivity index (χ1n) is 28.5. The fraction of sp³-hybridized carbons (Fsp3) is 0.417. The van der Waals surface area contributed by atoms with E-state index >= 15 is 0 Å². The third kappa shape index (κ3) is 7.46. The molecule has 0 spiro atoms. The zero-order valence-electron chi connectivity index (χ0n) is 48.9. The van der Waals surface area contributed by atoms with E-state index in [4.69, 9.17) is 0 Å². The van der Waals surface area contributed by atoms with Crippen LogP contribution in [0.2, 0.25) is 0 Å². The van der Waals surface area contributed by atoms with Gasteiger partial charge < -0.3 is 9.80 Å². The summed E-state index contributed by atoms with van der Waals surface area (Å²) in [5.74, 6) is 0. The lowest BCUT2D eigenvalue weighted by Crippen LogP contribution is -2.62. The highest BCUT2D eigenvalue weighted by Gasteiger charge is 2.51. The first kappa shape index (κ1) is 50.0. The van der Waals surface area contributed by atoms with Crippen molar-refractivity contribution < 1.29 is 0 Å². The van der Waals surface area contributed by atoms with E-state index < -0.39 is 0 Å². The molecule has 0 atom stereocenters. The summed E-state index contributed by atoms with van der Waals surface area (Å²) >= 11 is 0. The Bertz CT molecular complexity index is 3520. The number of anilines is 6. The molecular weight excluding hydrogens is 904 g/mol. The second kappa shape index (κ2) is 15.9. The highest BCUT2D eigenvalue weighted by atomic mass is 15.2. The van der Waals surface area contributed by atoms with Gasteiger partial charge in [-0.3, -0.25) is 0 Å². The Hall–Kier alpha value is -5.80. The molecule has 2 nitrogen and oxygen atoms in total. The summed E-state index contributed by atoms with van der Waals surface area (Å²) in [6.07, 6.45) is 4.59. The lowest BCUT2D eigenvalue weighted by atomic mass is 9.32. The van der Waals surface area contributed by atoms with Crippen LogP contribution in [0.5, 0.6) is 0 Å². The fourth-order valence-electron chi connectivity index (χ4n) is 15.8. The maximum atomic E-state index is 2.78. The highest BCUT2D eigenvalue weighted by molar-refractivity contribution is 7.00. The summed E-state index contributed by atoms with van der Waals surface area (Å²) in [6, 6.07) is 51.1. The molecule has 5 aliphatic rings. The van der Waals surface area contributed by atoms with Crippen LogP contribution >= 0.6 is 0 Å². The Labute approximate surface area is 452 Å². The minimum atomic E-state index is -0.223. The van der Waals surface area contributed by atoms with E-state index in [2.05, 4.69) is 262 Å². The molecule has 384 valence electrons. The second-order valence-corrected chi connectivity index (χ2v) is 29.6. The standard InChI is InChI=1S/C72H83BN2/c1-44-33-50-54(70(13,14)42-68(50,9)10)39-59(44)75-61-40-53-51(66(5,6)31-32-67(53,7)8)37-56(61)73-57-38-52-55(71(15,16)43-69(52,11)12)41-60(57)74(62-35-48(65(2,3)4)36-63(75)64(62)73)58-30-29-47(34-49(58)45-25-21-19-22-26-45)72(17,18)46-27-23-20-24-28-46/h19-30,33-41H,31-32,42-43H2,1-18H3. The van der Waals surface area contributed by atoms with Gasteiger partial charge in [0.25, 0.3) is 6.71 Å². The minimum absolute atomic E-state index is 0.00738. The molecule has 75 heavy (non-hydrogen) atoms. The zero-order chi connectivity index (χ0) is 53.5. The molecule has 0 amide bonds. The van der Waals surface area contributed by atoms with Crippen LogP contribution in [0.15, 0.2) is 127 Å². The van der Waals surface area contributed by atoms with Gasteiger partial charge in [0.15, 0.2) is 0 Å². The Kier molecular flexibility index (Phi) is 10.6. The number of nitrogens with zero attached hydrogens (tertiary/aromatic N) is 2. The predicted octanol–water partition coefficient (Wildman–Crippen LogP) is 17.6. The van der Waals surface area contributed by atoms with Crippen LogP contribution in [0, 0.1) is 6.92 Å². The van der Waals surface area contributed by atoms with E-state index in [-0.39, 0.29) is 50.0 Å². The van der Waals surface area contributed by atoms with Gasteiger partial charge in [-0.05, 0) is 191 Å². The minimum Gasteiger partial charge on any atom is -0.311 e. The van der Waals surface area contributed by atoms with Crippen LogP contribution in [0.4, 0.5) is 34.1 Å². The number of benzene rings is 7. The van der Waals surface area contributed by atoms with Gasteiger partial charge in [0, 0.05) is 39.4 Å². The largest absolute Gasteiger partial charge is 0.311 e. The van der Waals surface area contributed by atoms with Gasteiger partial charge in [-0.1, -0.05) is 203 Å². The monoisotopic (exact) mass is 987 g/mol. The summed E-state index contributed by atoms with van der Waals surface area (Å²) in [5, 5.41) is 0. The maximum Gasteiger partial charge on any atom is 0.252 e. The van der Waals surface area contributed by atoms with Crippen molar-refractivity contribution in [3.05, 3.63) is 183 Å². The molecule has 0 aromatic heterocycles. The van der Waals surface area contributed by atoms with Crippen molar-refractivity contribution >= 4 is 57.2 Å². The number of hydrogen-bond acceptors (Lipinski definition) is 2. The van der Waals surface area contributed by atoms with Crippen LogP contribution in [0.25, 0.3) is 11.1 Å². The SMILES string of the molecule is Cc1cc2c(cc1N1c3cc4c(cc3B3c5cc6c(cc5N(c5ccc(C(C)(C)c7ccccc7)cc5-c5ccccc5)c5cc(C(C)(C)C)cc1c53)C(C)(C)CC6(C)C)C(C)(C)CCC4(C)C)C(C)(C)CC2(C)C. The van der Waals surface area contributed by atoms with Crippen molar-refractivity contribution in [2.45, 2.75) is 194 Å². The summed E-state index contributed by atoms with van der Waals surface area (Å²) in [7, 11) is 0. The third-order valence-corrected chi connectivity index (χ3v) is 19.8. The topological polar surface area (TPSA) is 6.48 Å². The number of hydrogen-bond donors (Lipinski definition) is 0. The average molecular weight is 987 g/mol. The molecule has 3 aliphatic carbocycles. The molecule has 0 bridgehead atoms.